The van der Waals surface area contributed by atoms with E-state index >= 15 is 0 Å². The molecule has 1 atom stereocenters. The first-order valence-corrected chi connectivity index (χ1v) is 13.6. The Balaban J connectivity index is 1.50. The third kappa shape index (κ3) is 5.33. The van der Waals surface area contributed by atoms with E-state index < -0.39 is 13.7 Å². The van der Waals surface area contributed by atoms with E-state index in [2.05, 4.69) is 5.32 Å². The summed E-state index contributed by atoms with van der Waals surface area (Å²) >= 11 is 0. The molecule has 1 aliphatic carbocycles. The van der Waals surface area contributed by atoms with Gasteiger partial charge in [-0.25, -0.2) is 0 Å². The molecule has 0 radical (unpaired) electrons. The first-order chi connectivity index (χ1) is 16.4. The Morgan fingerprint density at radius 3 is 2.35 bits per heavy atom. The van der Waals surface area contributed by atoms with Gasteiger partial charge in [-0.3, -0.25) is 14.2 Å². The molecule has 4 rings (SSSR count). The summed E-state index contributed by atoms with van der Waals surface area (Å²) in [6.07, 6.45) is 5.11. The lowest BCUT2D eigenvalue weighted by molar-refractivity contribution is -0.127. The molecule has 1 saturated carbocycles. The molecule has 7 nitrogen and oxygen atoms in total. The monoisotopic (exact) mass is 485 g/mol. The molecule has 2 aromatic rings. The van der Waals surface area contributed by atoms with Crippen LogP contribution in [-0.4, -0.2) is 31.5 Å². The van der Waals surface area contributed by atoms with E-state index in [0.717, 1.165) is 12.8 Å². The van der Waals surface area contributed by atoms with Gasteiger partial charge in [0.2, 0.25) is 0 Å². The predicted octanol–water partition coefficient (Wildman–Crippen LogP) is 5.52. The number of ether oxygens (including phenoxy) is 1. The van der Waals surface area contributed by atoms with Gasteiger partial charge in [0.15, 0.2) is 11.9 Å². The summed E-state index contributed by atoms with van der Waals surface area (Å²) in [5, 5.41) is 3.27. The van der Waals surface area contributed by atoms with Gasteiger partial charge < -0.3 is 19.1 Å². The molecule has 0 saturated heterocycles. The van der Waals surface area contributed by atoms with Crippen molar-refractivity contribution in [2.24, 2.45) is 0 Å². The fourth-order valence-corrected chi connectivity index (χ4v) is 6.31. The second-order valence-electron chi connectivity index (χ2n) is 8.66. The molecule has 2 aromatic carbocycles. The number of Topliss-reactive ketones (excluding diaryl/α,β-unsaturated/α-hetero) is 1. The lowest BCUT2D eigenvalue weighted by atomic mass is 9.82. The minimum absolute atomic E-state index is 0.0938. The minimum Gasteiger partial charge on any atom is -0.355 e. The SMILES string of the molecule is CCOP(=O)(OCC)c1ccc(NC(=O)C2OCC(=O)c3cc(C4CCCCC4)ccc32)cc1. The zero-order valence-corrected chi connectivity index (χ0v) is 20.6. The highest BCUT2D eigenvalue weighted by Gasteiger charge is 2.33. The van der Waals surface area contributed by atoms with Crippen LogP contribution in [0, 0.1) is 0 Å². The summed E-state index contributed by atoms with van der Waals surface area (Å²) in [6.45, 7) is 3.91. The number of amides is 1. The Labute approximate surface area is 200 Å². The molecule has 1 amide bonds. The van der Waals surface area contributed by atoms with Crippen LogP contribution in [0.1, 0.15) is 79.5 Å². The van der Waals surface area contributed by atoms with Crippen molar-refractivity contribution in [3.63, 3.8) is 0 Å². The molecule has 34 heavy (non-hydrogen) atoms. The van der Waals surface area contributed by atoms with Crippen molar-refractivity contribution >= 4 is 30.3 Å². The van der Waals surface area contributed by atoms with Gasteiger partial charge in [-0.15, -0.1) is 0 Å². The maximum atomic E-state index is 13.1. The molecule has 0 spiro atoms. The minimum atomic E-state index is -3.39. The van der Waals surface area contributed by atoms with Crippen LogP contribution >= 0.6 is 7.60 Å². The Kier molecular flexibility index (Phi) is 7.99. The number of rotatable bonds is 8. The molecule has 8 heteroatoms. The summed E-state index contributed by atoms with van der Waals surface area (Å²) in [5.41, 5.74) is 2.88. The first kappa shape index (κ1) is 24.8. The highest BCUT2D eigenvalue weighted by molar-refractivity contribution is 7.62. The van der Waals surface area contributed by atoms with Crippen molar-refractivity contribution in [2.75, 3.05) is 25.1 Å². The lowest BCUT2D eigenvalue weighted by Gasteiger charge is -2.27. The van der Waals surface area contributed by atoms with Gasteiger partial charge in [-0.2, -0.15) is 0 Å². The van der Waals surface area contributed by atoms with Crippen LogP contribution < -0.4 is 10.6 Å². The number of hydrogen-bond acceptors (Lipinski definition) is 6. The Morgan fingerprint density at radius 2 is 1.71 bits per heavy atom. The van der Waals surface area contributed by atoms with Gasteiger partial charge in [0.25, 0.3) is 5.91 Å². The van der Waals surface area contributed by atoms with E-state index in [4.69, 9.17) is 13.8 Å². The molecule has 1 unspecified atom stereocenters. The highest BCUT2D eigenvalue weighted by Crippen LogP contribution is 2.46. The normalized spacial score (nSPS) is 19.0. The summed E-state index contributed by atoms with van der Waals surface area (Å²) in [7, 11) is -3.39. The van der Waals surface area contributed by atoms with Crippen LogP contribution in [0.5, 0.6) is 0 Å². The van der Waals surface area contributed by atoms with Crippen molar-refractivity contribution in [3.05, 3.63) is 59.2 Å². The number of anilines is 1. The molecule has 1 heterocycles. The molecule has 1 fully saturated rings. The number of nitrogens with one attached hydrogen (secondary N) is 1. The van der Waals surface area contributed by atoms with E-state index in [1.807, 2.05) is 18.2 Å². The molecule has 0 bridgehead atoms. The van der Waals surface area contributed by atoms with E-state index in [-0.39, 0.29) is 31.5 Å². The summed E-state index contributed by atoms with van der Waals surface area (Å²) in [5.74, 6) is 0.0261. The van der Waals surface area contributed by atoms with Crippen molar-refractivity contribution < 1.29 is 27.9 Å². The van der Waals surface area contributed by atoms with E-state index in [9.17, 15) is 14.2 Å². The van der Waals surface area contributed by atoms with Crippen LogP contribution in [0.4, 0.5) is 5.69 Å². The Hall–Kier alpha value is -2.31. The van der Waals surface area contributed by atoms with Crippen molar-refractivity contribution in [2.45, 2.75) is 58.0 Å². The van der Waals surface area contributed by atoms with Crippen LogP contribution in [0.15, 0.2) is 42.5 Å². The average molecular weight is 486 g/mol. The number of carbonyl (C=O) groups excluding carboxylic acids is 2. The second kappa shape index (κ2) is 11.0. The Bertz CT molecular complexity index is 1070. The summed E-state index contributed by atoms with van der Waals surface area (Å²) in [6, 6.07) is 12.4. The molecular weight excluding hydrogens is 453 g/mol. The van der Waals surface area contributed by atoms with Crippen molar-refractivity contribution in [1.29, 1.82) is 0 Å². The zero-order valence-electron chi connectivity index (χ0n) is 19.7. The number of benzene rings is 2. The largest absolute Gasteiger partial charge is 0.361 e. The van der Waals surface area contributed by atoms with Gasteiger partial charge >= 0.3 is 7.60 Å². The second-order valence-corrected chi connectivity index (χ2v) is 10.7. The standard InChI is InChI=1S/C26H32NO6P/c1-3-32-34(30,33-4-2)21-13-11-20(12-14-21)27-26(29)25-22-15-10-19(18-8-6-5-7-9-18)16-23(22)24(28)17-31-25/h10-16,18,25H,3-9,17H2,1-2H3,(H,27,29). The number of carbonyl (C=O) groups is 2. The summed E-state index contributed by atoms with van der Waals surface area (Å²) < 4.78 is 29.3. The van der Waals surface area contributed by atoms with E-state index in [1.54, 1.807) is 38.1 Å². The number of fused-ring (bicyclic) bond motifs is 1. The topological polar surface area (TPSA) is 90.9 Å². The van der Waals surface area contributed by atoms with Crippen molar-refractivity contribution in [1.82, 2.24) is 0 Å². The van der Waals surface area contributed by atoms with Gasteiger partial charge in [-0.05, 0) is 68.5 Å². The van der Waals surface area contributed by atoms with Crippen LogP contribution in [0.3, 0.4) is 0 Å². The van der Waals surface area contributed by atoms with Crippen LogP contribution in [0.25, 0.3) is 0 Å². The third-order valence-electron chi connectivity index (χ3n) is 6.41. The van der Waals surface area contributed by atoms with Gasteiger partial charge in [0.05, 0.1) is 18.5 Å². The fraction of sp³-hybridized carbons (Fsp3) is 0.462. The van der Waals surface area contributed by atoms with E-state index in [0.29, 0.717) is 28.0 Å². The maximum absolute atomic E-state index is 13.1. The van der Waals surface area contributed by atoms with E-state index in [1.165, 1.54) is 24.8 Å². The van der Waals surface area contributed by atoms with Gasteiger partial charge in [0, 0.05) is 16.8 Å². The number of hydrogen-bond donors (Lipinski definition) is 1. The number of ketones is 1. The average Bonchev–Trinajstić information content (AvgIpc) is 2.85. The maximum Gasteiger partial charge on any atom is 0.361 e. The Morgan fingerprint density at radius 1 is 1.03 bits per heavy atom. The smallest absolute Gasteiger partial charge is 0.355 e. The fourth-order valence-electron chi connectivity index (χ4n) is 4.74. The third-order valence-corrected chi connectivity index (χ3v) is 8.53. The molecule has 1 N–H and O–H groups in total. The molecular formula is C26H32NO6P. The first-order valence-electron chi connectivity index (χ1n) is 12.0. The van der Waals surface area contributed by atoms with Crippen molar-refractivity contribution in [3.8, 4) is 0 Å². The molecule has 1 aliphatic heterocycles. The lowest BCUT2D eigenvalue weighted by Crippen LogP contribution is -2.31. The highest BCUT2D eigenvalue weighted by atomic mass is 31.2. The van der Waals surface area contributed by atoms with Gasteiger partial charge in [-0.1, -0.05) is 31.4 Å². The molecule has 182 valence electrons. The molecule has 2 aliphatic rings. The summed E-state index contributed by atoms with van der Waals surface area (Å²) in [4.78, 5) is 25.6. The quantitative estimate of drug-likeness (QED) is 0.495. The predicted molar refractivity (Wildman–Crippen MR) is 131 cm³/mol. The molecule has 0 aromatic heterocycles. The van der Waals surface area contributed by atoms with Crippen LogP contribution in [-0.2, 0) is 23.1 Å². The van der Waals surface area contributed by atoms with Gasteiger partial charge in [0.1, 0.15) is 6.61 Å². The van der Waals surface area contributed by atoms with Crippen LogP contribution in [0.2, 0.25) is 0 Å². The zero-order chi connectivity index (χ0) is 24.1.